The number of hydrogen-bond acceptors (Lipinski definition) is 3. The quantitative estimate of drug-likeness (QED) is 0.595. The summed E-state index contributed by atoms with van der Waals surface area (Å²) in [6, 6.07) is 12.3. The molecule has 0 aliphatic carbocycles. The third-order valence-electron chi connectivity index (χ3n) is 3.68. The van der Waals surface area contributed by atoms with Gasteiger partial charge in [-0.1, -0.05) is 28.1 Å². The maximum Gasteiger partial charge on any atom is 0.166 e. The van der Waals surface area contributed by atoms with E-state index in [1.54, 1.807) is 30.3 Å². The minimum atomic E-state index is -0.916. The van der Waals surface area contributed by atoms with Gasteiger partial charge in [0.15, 0.2) is 11.6 Å². The van der Waals surface area contributed by atoms with E-state index in [-0.39, 0.29) is 11.3 Å². The van der Waals surface area contributed by atoms with Crippen LogP contribution in [0.25, 0.3) is 22.4 Å². The summed E-state index contributed by atoms with van der Waals surface area (Å²) in [5, 5.41) is 13.2. The lowest BCUT2D eigenvalue weighted by Gasteiger charge is -2.12. The van der Waals surface area contributed by atoms with E-state index in [2.05, 4.69) is 26.2 Å². The lowest BCUT2D eigenvalue weighted by molar-refractivity contribution is 0.477. The molecule has 0 saturated carbocycles. The fourth-order valence-corrected chi connectivity index (χ4v) is 2.90. The van der Waals surface area contributed by atoms with E-state index in [1.165, 1.54) is 12.1 Å². The summed E-state index contributed by atoms with van der Waals surface area (Å²) in [6.45, 7) is 2.53. The van der Waals surface area contributed by atoms with Gasteiger partial charge in [-0.25, -0.2) is 13.8 Å². The average molecular weight is 405 g/mol. The molecule has 25 heavy (non-hydrogen) atoms. The van der Waals surface area contributed by atoms with Crippen molar-refractivity contribution in [2.24, 2.45) is 0 Å². The highest BCUT2D eigenvalue weighted by molar-refractivity contribution is 9.10. The van der Waals surface area contributed by atoms with Gasteiger partial charge < -0.3 is 10.4 Å². The molecule has 0 radical (unpaired) electrons. The van der Waals surface area contributed by atoms with Gasteiger partial charge >= 0.3 is 0 Å². The highest BCUT2D eigenvalue weighted by Gasteiger charge is 2.14. The van der Waals surface area contributed by atoms with Gasteiger partial charge in [0.1, 0.15) is 11.6 Å². The number of phenols is 1. The topological polar surface area (TPSA) is 45.1 Å². The van der Waals surface area contributed by atoms with Crippen LogP contribution in [0.5, 0.6) is 5.75 Å². The first-order valence-electron chi connectivity index (χ1n) is 7.69. The molecule has 0 bridgehead atoms. The second-order valence-corrected chi connectivity index (χ2v) is 6.34. The van der Waals surface area contributed by atoms with Gasteiger partial charge in [0.2, 0.25) is 0 Å². The molecule has 0 unspecified atom stereocenters. The highest BCUT2D eigenvalue weighted by Crippen LogP contribution is 2.35. The second kappa shape index (κ2) is 7.19. The van der Waals surface area contributed by atoms with Crippen molar-refractivity contribution in [3.8, 4) is 28.1 Å². The molecular weight excluding hydrogens is 390 g/mol. The number of anilines is 1. The van der Waals surface area contributed by atoms with Crippen molar-refractivity contribution in [2.45, 2.75) is 6.92 Å². The Bertz CT molecular complexity index is 911. The molecule has 2 N–H and O–H groups in total. The molecule has 0 atom stereocenters. The molecule has 6 heteroatoms. The van der Waals surface area contributed by atoms with Crippen LogP contribution in [0.2, 0.25) is 0 Å². The van der Waals surface area contributed by atoms with Crippen LogP contribution in [0.3, 0.4) is 0 Å². The molecule has 3 aromatic rings. The van der Waals surface area contributed by atoms with Crippen molar-refractivity contribution in [3.63, 3.8) is 0 Å². The predicted molar refractivity (Wildman–Crippen MR) is 98.6 cm³/mol. The normalized spacial score (nSPS) is 10.7. The van der Waals surface area contributed by atoms with Crippen molar-refractivity contribution < 1.29 is 13.9 Å². The fraction of sp³-hybridized carbons (Fsp3) is 0.105. The van der Waals surface area contributed by atoms with Gasteiger partial charge in [-0.05, 0) is 48.9 Å². The second-order valence-electron chi connectivity index (χ2n) is 5.42. The number of hydrogen-bond donors (Lipinski definition) is 2. The first kappa shape index (κ1) is 17.4. The number of rotatable bonds is 4. The van der Waals surface area contributed by atoms with E-state index < -0.39 is 11.6 Å². The van der Waals surface area contributed by atoms with Crippen molar-refractivity contribution >= 4 is 21.7 Å². The number of phenolic OH excluding ortho intramolecular Hbond substituents is 1. The number of nitrogens with one attached hydrogen (secondary N) is 1. The number of aromatic nitrogens is 1. The molecule has 2 aromatic carbocycles. The van der Waals surface area contributed by atoms with Crippen molar-refractivity contribution in [1.82, 2.24) is 4.98 Å². The molecule has 0 aliphatic rings. The lowest BCUT2D eigenvalue weighted by atomic mass is 10.0. The molecule has 1 heterocycles. The number of benzene rings is 2. The van der Waals surface area contributed by atoms with Crippen LogP contribution in [0.4, 0.5) is 14.6 Å². The highest BCUT2D eigenvalue weighted by atomic mass is 79.9. The van der Waals surface area contributed by atoms with Crippen LogP contribution in [0.15, 0.2) is 53.0 Å². The monoisotopic (exact) mass is 404 g/mol. The Morgan fingerprint density at radius 2 is 1.88 bits per heavy atom. The summed E-state index contributed by atoms with van der Waals surface area (Å²) in [5.41, 5.74) is 1.55. The first-order chi connectivity index (χ1) is 12.0. The van der Waals surface area contributed by atoms with Crippen LogP contribution < -0.4 is 5.32 Å². The van der Waals surface area contributed by atoms with Gasteiger partial charge in [0.05, 0.1) is 5.69 Å². The molecule has 1 aromatic heterocycles. The Morgan fingerprint density at radius 3 is 2.64 bits per heavy atom. The molecule has 128 valence electrons. The molecule has 3 nitrogen and oxygen atoms in total. The Hall–Kier alpha value is -2.47. The van der Waals surface area contributed by atoms with Crippen LogP contribution >= 0.6 is 15.9 Å². The van der Waals surface area contributed by atoms with Crippen molar-refractivity contribution in [3.05, 3.63) is 64.6 Å². The van der Waals surface area contributed by atoms with Gasteiger partial charge in [-0.15, -0.1) is 0 Å². The Labute approximate surface area is 152 Å². The third-order valence-corrected chi connectivity index (χ3v) is 4.17. The van der Waals surface area contributed by atoms with Gasteiger partial charge in [0.25, 0.3) is 0 Å². The Kier molecular flexibility index (Phi) is 4.99. The number of pyridine rings is 1. The smallest absolute Gasteiger partial charge is 0.166 e. The molecule has 0 aliphatic heterocycles. The standard InChI is InChI=1S/C19H15BrF2N2O/c1-2-23-18-9-11(13-4-3-5-15(21)19(13)22)8-16(24-18)14-10-12(20)6-7-17(14)25/h3-10,25H,2H2,1H3,(H,23,24). The number of halogens is 3. The molecule has 0 amide bonds. The summed E-state index contributed by atoms with van der Waals surface area (Å²) < 4.78 is 28.6. The molecule has 0 spiro atoms. The van der Waals surface area contributed by atoms with Crippen LogP contribution in [0.1, 0.15) is 6.92 Å². The first-order valence-corrected chi connectivity index (χ1v) is 8.48. The van der Waals surface area contributed by atoms with E-state index in [0.717, 1.165) is 10.5 Å². The SMILES string of the molecule is CCNc1cc(-c2cccc(F)c2F)cc(-c2cc(Br)ccc2O)n1. The Balaban J connectivity index is 2.22. The molecule has 3 rings (SSSR count). The van der Waals surface area contributed by atoms with Gasteiger partial charge in [-0.3, -0.25) is 0 Å². The maximum absolute atomic E-state index is 14.2. The third kappa shape index (κ3) is 3.64. The molecule has 0 fully saturated rings. The maximum atomic E-state index is 14.2. The largest absolute Gasteiger partial charge is 0.507 e. The molecular formula is C19H15BrF2N2O. The number of aromatic hydroxyl groups is 1. The van der Waals surface area contributed by atoms with E-state index in [9.17, 15) is 13.9 Å². The average Bonchev–Trinajstić information content (AvgIpc) is 2.59. The van der Waals surface area contributed by atoms with Gasteiger partial charge in [-0.2, -0.15) is 0 Å². The fourth-order valence-electron chi connectivity index (χ4n) is 2.54. The summed E-state index contributed by atoms with van der Waals surface area (Å²) >= 11 is 3.36. The minimum absolute atomic E-state index is 0.0509. The summed E-state index contributed by atoms with van der Waals surface area (Å²) in [5.74, 6) is -1.26. The summed E-state index contributed by atoms with van der Waals surface area (Å²) in [4.78, 5) is 4.46. The van der Waals surface area contributed by atoms with E-state index in [1.807, 2.05) is 6.92 Å². The van der Waals surface area contributed by atoms with Crippen molar-refractivity contribution in [2.75, 3.05) is 11.9 Å². The predicted octanol–water partition coefficient (Wildman–Crippen LogP) is 5.59. The molecule has 0 saturated heterocycles. The van der Waals surface area contributed by atoms with E-state index in [0.29, 0.717) is 29.2 Å². The zero-order valence-electron chi connectivity index (χ0n) is 13.4. The minimum Gasteiger partial charge on any atom is -0.507 e. The number of nitrogens with zero attached hydrogens (tertiary/aromatic N) is 1. The van der Waals surface area contributed by atoms with Crippen LogP contribution in [0, 0.1) is 11.6 Å². The van der Waals surface area contributed by atoms with E-state index in [4.69, 9.17) is 0 Å². The zero-order valence-corrected chi connectivity index (χ0v) is 14.9. The van der Waals surface area contributed by atoms with Gasteiger partial charge in [0, 0.05) is 22.1 Å². The summed E-state index contributed by atoms with van der Waals surface area (Å²) in [6.07, 6.45) is 0. The van der Waals surface area contributed by atoms with E-state index >= 15 is 0 Å². The van der Waals surface area contributed by atoms with Crippen LogP contribution in [-0.4, -0.2) is 16.6 Å². The lowest BCUT2D eigenvalue weighted by Crippen LogP contribution is -2.01. The van der Waals surface area contributed by atoms with Crippen molar-refractivity contribution in [1.29, 1.82) is 0 Å². The Morgan fingerprint density at radius 1 is 1.08 bits per heavy atom. The summed E-state index contributed by atoms with van der Waals surface area (Å²) in [7, 11) is 0. The zero-order chi connectivity index (χ0) is 18.0. The van der Waals surface area contributed by atoms with Crippen LogP contribution in [-0.2, 0) is 0 Å².